The predicted molar refractivity (Wildman–Crippen MR) is 114 cm³/mol. The van der Waals surface area contributed by atoms with Crippen LogP contribution in [0.1, 0.15) is 16.8 Å². The maximum Gasteiger partial charge on any atom is 0.191 e. The summed E-state index contributed by atoms with van der Waals surface area (Å²) in [4.78, 5) is 8.63. The van der Waals surface area contributed by atoms with E-state index in [0.717, 1.165) is 28.5 Å². The Balaban J connectivity index is 0.00000312. The summed E-state index contributed by atoms with van der Waals surface area (Å²) in [7, 11) is 1.75. The first-order valence-corrected chi connectivity index (χ1v) is 7.91. The highest BCUT2D eigenvalue weighted by molar-refractivity contribution is 14.0. The SMILES string of the molecule is C=CCOc1ccccc1CNC(=NC)NCc1ncccc1C.I. The second kappa shape index (κ2) is 11.5. The molecule has 1 aromatic carbocycles. The standard InChI is InChI=1S/C19H24N4O.HI/c1-4-12-24-18-10-6-5-9-16(18)13-22-19(20-3)23-14-17-15(2)8-7-11-21-17;/h4-11H,1,12-14H2,2-3H3,(H2,20,22,23);1H. The average molecular weight is 452 g/mol. The van der Waals surface area contributed by atoms with Crippen molar-refractivity contribution in [3.8, 4) is 5.75 Å². The van der Waals surface area contributed by atoms with Crippen LogP contribution in [0.4, 0.5) is 0 Å². The number of guanidine groups is 1. The van der Waals surface area contributed by atoms with Crippen molar-refractivity contribution >= 4 is 29.9 Å². The molecule has 134 valence electrons. The minimum Gasteiger partial charge on any atom is -0.489 e. The first-order valence-electron chi connectivity index (χ1n) is 7.91. The van der Waals surface area contributed by atoms with E-state index in [9.17, 15) is 0 Å². The van der Waals surface area contributed by atoms with Gasteiger partial charge in [0.15, 0.2) is 5.96 Å². The summed E-state index contributed by atoms with van der Waals surface area (Å²) in [5.74, 6) is 1.57. The molecule has 0 spiro atoms. The lowest BCUT2D eigenvalue weighted by Crippen LogP contribution is -2.36. The van der Waals surface area contributed by atoms with E-state index in [2.05, 4.69) is 27.2 Å². The molecule has 0 aliphatic carbocycles. The van der Waals surface area contributed by atoms with Gasteiger partial charge >= 0.3 is 0 Å². The molecule has 0 amide bonds. The van der Waals surface area contributed by atoms with Gasteiger partial charge in [0.2, 0.25) is 0 Å². The largest absolute Gasteiger partial charge is 0.489 e. The summed E-state index contributed by atoms with van der Waals surface area (Å²) in [6.07, 6.45) is 3.54. The molecule has 2 rings (SSSR count). The first-order chi connectivity index (χ1) is 11.7. The molecule has 0 fully saturated rings. The lowest BCUT2D eigenvalue weighted by atomic mass is 10.2. The van der Waals surface area contributed by atoms with Gasteiger partial charge in [-0.1, -0.05) is 36.9 Å². The molecule has 1 heterocycles. The van der Waals surface area contributed by atoms with Crippen molar-refractivity contribution in [3.05, 3.63) is 72.1 Å². The fourth-order valence-electron chi connectivity index (χ4n) is 2.21. The minimum atomic E-state index is 0. The number of aromatic nitrogens is 1. The molecule has 25 heavy (non-hydrogen) atoms. The number of nitrogens with one attached hydrogen (secondary N) is 2. The normalized spacial score (nSPS) is 10.6. The van der Waals surface area contributed by atoms with E-state index in [1.165, 1.54) is 0 Å². The molecule has 0 aliphatic heterocycles. The first kappa shape index (κ1) is 21.0. The molecule has 0 saturated carbocycles. The number of halogens is 1. The molecule has 0 aliphatic rings. The number of pyridine rings is 1. The number of benzene rings is 1. The number of hydrogen-bond donors (Lipinski definition) is 2. The minimum absolute atomic E-state index is 0. The monoisotopic (exact) mass is 452 g/mol. The summed E-state index contributed by atoms with van der Waals surface area (Å²) in [6.45, 7) is 7.46. The number of aliphatic imine (C=N–C) groups is 1. The highest BCUT2D eigenvalue weighted by Gasteiger charge is 2.05. The van der Waals surface area contributed by atoms with E-state index >= 15 is 0 Å². The van der Waals surface area contributed by atoms with Crippen LogP contribution in [0.3, 0.4) is 0 Å². The number of nitrogens with zero attached hydrogens (tertiary/aromatic N) is 2. The van der Waals surface area contributed by atoms with Gasteiger partial charge in [0.05, 0.1) is 12.2 Å². The van der Waals surface area contributed by atoms with Crippen molar-refractivity contribution in [3.63, 3.8) is 0 Å². The summed E-state index contributed by atoms with van der Waals surface area (Å²) in [6, 6.07) is 11.9. The third kappa shape index (κ3) is 6.74. The summed E-state index contributed by atoms with van der Waals surface area (Å²) in [5, 5.41) is 6.58. The molecule has 2 N–H and O–H groups in total. The van der Waals surface area contributed by atoms with Gasteiger partial charge in [-0.3, -0.25) is 9.98 Å². The molecule has 5 nitrogen and oxygen atoms in total. The molecule has 0 unspecified atom stereocenters. The lowest BCUT2D eigenvalue weighted by molar-refractivity contribution is 0.358. The van der Waals surface area contributed by atoms with Crippen LogP contribution in [-0.4, -0.2) is 24.6 Å². The Bertz CT molecular complexity index is 703. The molecule has 0 atom stereocenters. The van der Waals surface area contributed by atoms with Crippen LogP contribution >= 0.6 is 24.0 Å². The molecule has 2 aromatic rings. The maximum absolute atomic E-state index is 5.67. The van der Waals surface area contributed by atoms with Crippen LogP contribution < -0.4 is 15.4 Å². The van der Waals surface area contributed by atoms with E-state index < -0.39 is 0 Å². The second-order valence-corrected chi connectivity index (χ2v) is 5.25. The van der Waals surface area contributed by atoms with Gasteiger partial charge in [-0.2, -0.15) is 0 Å². The van der Waals surface area contributed by atoms with Gasteiger partial charge in [0.1, 0.15) is 12.4 Å². The van der Waals surface area contributed by atoms with E-state index in [1.807, 2.05) is 43.3 Å². The maximum atomic E-state index is 5.67. The van der Waals surface area contributed by atoms with Crippen molar-refractivity contribution in [2.75, 3.05) is 13.7 Å². The van der Waals surface area contributed by atoms with E-state index in [-0.39, 0.29) is 24.0 Å². The summed E-state index contributed by atoms with van der Waals surface area (Å²) >= 11 is 0. The molecule has 0 bridgehead atoms. The molecule has 0 radical (unpaired) electrons. The van der Waals surface area contributed by atoms with Crippen LogP contribution in [0.5, 0.6) is 5.75 Å². The van der Waals surface area contributed by atoms with Crippen LogP contribution in [0.2, 0.25) is 0 Å². The molecular formula is C19H25IN4O. The number of ether oxygens (including phenoxy) is 1. The van der Waals surface area contributed by atoms with E-state index in [0.29, 0.717) is 19.7 Å². The Kier molecular flexibility index (Phi) is 9.61. The number of para-hydroxylation sites is 1. The highest BCUT2D eigenvalue weighted by atomic mass is 127. The topological polar surface area (TPSA) is 58.5 Å². The molecular weight excluding hydrogens is 427 g/mol. The van der Waals surface area contributed by atoms with Crippen molar-refractivity contribution in [1.82, 2.24) is 15.6 Å². The van der Waals surface area contributed by atoms with Crippen molar-refractivity contribution < 1.29 is 4.74 Å². The predicted octanol–water partition coefficient (Wildman–Crippen LogP) is 3.44. The zero-order valence-electron chi connectivity index (χ0n) is 14.7. The van der Waals surface area contributed by atoms with Gasteiger partial charge in [0.25, 0.3) is 0 Å². The number of rotatable bonds is 7. The quantitative estimate of drug-likeness (QED) is 0.293. The van der Waals surface area contributed by atoms with Crippen molar-refractivity contribution in [2.45, 2.75) is 20.0 Å². The zero-order chi connectivity index (χ0) is 17.2. The Morgan fingerprint density at radius 2 is 1.96 bits per heavy atom. The van der Waals surface area contributed by atoms with Gasteiger partial charge in [-0.05, 0) is 24.6 Å². The Morgan fingerprint density at radius 3 is 2.68 bits per heavy atom. The van der Waals surface area contributed by atoms with E-state index in [4.69, 9.17) is 4.74 Å². The molecule has 6 heteroatoms. The number of aryl methyl sites for hydroxylation is 1. The van der Waals surface area contributed by atoms with Gasteiger partial charge in [0, 0.05) is 25.4 Å². The van der Waals surface area contributed by atoms with Crippen LogP contribution in [-0.2, 0) is 13.1 Å². The van der Waals surface area contributed by atoms with Gasteiger partial charge in [-0.15, -0.1) is 24.0 Å². The smallest absolute Gasteiger partial charge is 0.191 e. The Hall–Kier alpha value is -2.09. The van der Waals surface area contributed by atoms with E-state index in [1.54, 1.807) is 19.3 Å². The van der Waals surface area contributed by atoms with Gasteiger partial charge in [-0.25, -0.2) is 0 Å². The van der Waals surface area contributed by atoms with Crippen LogP contribution in [0.25, 0.3) is 0 Å². The number of hydrogen-bond acceptors (Lipinski definition) is 3. The molecule has 0 saturated heterocycles. The lowest BCUT2D eigenvalue weighted by Gasteiger charge is -2.14. The fraction of sp³-hybridized carbons (Fsp3) is 0.263. The average Bonchev–Trinajstić information content (AvgIpc) is 2.62. The zero-order valence-corrected chi connectivity index (χ0v) is 17.0. The molecule has 1 aromatic heterocycles. The third-order valence-corrected chi connectivity index (χ3v) is 3.54. The second-order valence-electron chi connectivity index (χ2n) is 5.25. The van der Waals surface area contributed by atoms with Crippen molar-refractivity contribution in [2.24, 2.45) is 4.99 Å². The third-order valence-electron chi connectivity index (χ3n) is 3.54. The Labute approximate surface area is 166 Å². The van der Waals surface area contributed by atoms with Crippen LogP contribution in [0.15, 0.2) is 60.2 Å². The summed E-state index contributed by atoms with van der Waals surface area (Å²) < 4.78 is 5.67. The summed E-state index contributed by atoms with van der Waals surface area (Å²) in [5.41, 5.74) is 3.23. The van der Waals surface area contributed by atoms with Crippen molar-refractivity contribution in [1.29, 1.82) is 0 Å². The Morgan fingerprint density at radius 1 is 1.20 bits per heavy atom. The fourth-order valence-corrected chi connectivity index (χ4v) is 2.21. The highest BCUT2D eigenvalue weighted by Crippen LogP contribution is 2.17. The van der Waals surface area contributed by atoms with Crippen LogP contribution in [0, 0.1) is 6.92 Å². The van der Waals surface area contributed by atoms with Gasteiger partial charge < -0.3 is 15.4 Å².